The quantitative estimate of drug-likeness (QED) is 0.610. The molecular formula is C13H22N4O2S2. The van der Waals surface area contributed by atoms with Crippen molar-refractivity contribution in [2.24, 2.45) is 4.99 Å². The van der Waals surface area contributed by atoms with Gasteiger partial charge in [-0.2, -0.15) is 0 Å². The van der Waals surface area contributed by atoms with Gasteiger partial charge in [0, 0.05) is 31.4 Å². The molecule has 2 rings (SSSR count). The minimum Gasteiger partial charge on any atom is -0.356 e. The molecule has 1 aromatic rings. The molecule has 1 atom stereocenters. The Balaban J connectivity index is 1.75. The summed E-state index contributed by atoms with van der Waals surface area (Å²) in [6, 6.07) is -0.0350. The Morgan fingerprint density at radius 1 is 1.57 bits per heavy atom. The lowest BCUT2D eigenvalue weighted by atomic mass is 10.3. The summed E-state index contributed by atoms with van der Waals surface area (Å²) < 4.78 is 22.9. The highest BCUT2D eigenvalue weighted by atomic mass is 32.2. The third-order valence-corrected chi connectivity index (χ3v) is 6.18. The maximum Gasteiger partial charge on any atom is 0.191 e. The highest BCUT2D eigenvalue weighted by Crippen LogP contribution is 2.11. The lowest BCUT2D eigenvalue weighted by molar-refractivity contribution is 0.599. The van der Waals surface area contributed by atoms with Crippen LogP contribution in [0.15, 0.2) is 10.4 Å². The molecule has 1 aliphatic heterocycles. The number of hydrogen-bond donors (Lipinski definition) is 2. The van der Waals surface area contributed by atoms with Crippen LogP contribution in [0.2, 0.25) is 0 Å². The van der Waals surface area contributed by atoms with Gasteiger partial charge in [-0.1, -0.05) is 6.92 Å². The smallest absolute Gasteiger partial charge is 0.191 e. The summed E-state index contributed by atoms with van der Waals surface area (Å²) in [4.78, 5) is 8.65. The molecule has 1 unspecified atom stereocenters. The van der Waals surface area contributed by atoms with Gasteiger partial charge in [-0.25, -0.2) is 13.4 Å². The number of rotatable bonds is 5. The molecule has 1 saturated heterocycles. The Morgan fingerprint density at radius 3 is 2.95 bits per heavy atom. The third-order valence-electron chi connectivity index (χ3n) is 3.37. The van der Waals surface area contributed by atoms with Crippen LogP contribution in [-0.2, 0) is 22.7 Å². The number of nitrogens with one attached hydrogen (secondary N) is 2. The van der Waals surface area contributed by atoms with Crippen molar-refractivity contribution in [3.8, 4) is 0 Å². The van der Waals surface area contributed by atoms with Crippen molar-refractivity contribution in [1.29, 1.82) is 0 Å². The third kappa shape index (κ3) is 4.96. The van der Waals surface area contributed by atoms with Crippen molar-refractivity contribution in [1.82, 2.24) is 15.6 Å². The number of aryl methyl sites for hydroxylation is 1. The fourth-order valence-corrected chi connectivity index (χ4v) is 4.68. The maximum atomic E-state index is 11.4. The van der Waals surface area contributed by atoms with Crippen molar-refractivity contribution < 1.29 is 8.42 Å². The Kier molecular flexibility index (Phi) is 5.58. The highest BCUT2D eigenvalue weighted by Gasteiger charge is 2.28. The molecule has 1 aromatic heterocycles. The van der Waals surface area contributed by atoms with Crippen LogP contribution in [-0.4, -0.2) is 50.5 Å². The first-order valence-electron chi connectivity index (χ1n) is 7.13. The molecule has 6 nitrogen and oxygen atoms in total. The summed E-state index contributed by atoms with van der Waals surface area (Å²) in [6.07, 6.45) is 2.45. The largest absolute Gasteiger partial charge is 0.356 e. The van der Waals surface area contributed by atoms with Gasteiger partial charge in [0.15, 0.2) is 15.8 Å². The Bertz CT molecular complexity index is 595. The topological polar surface area (TPSA) is 83.4 Å². The summed E-state index contributed by atoms with van der Waals surface area (Å²) in [6.45, 7) is 2.83. The zero-order valence-corrected chi connectivity index (χ0v) is 14.1. The molecule has 21 heavy (non-hydrogen) atoms. The van der Waals surface area contributed by atoms with Gasteiger partial charge in [0.2, 0.25) is 0 Å². The molecule has 0 amide bonds. The number of hydrogen-bond acceptors (Lipinski definition) is 5. The monoisotopic (exact) mass is 330 g/mol. The zero-order valence-electron chi connectivity index (χ0n) is 12.4. The second-order valence-electron chi connectivity index (χ2n) is 5.08. The predicted octanol–water partition coefficient (Wildman–Crippen LogP) is 0.600. The van der Waals surface area contributed by atoms with Gasteiger partial charge in [0.1, 0.15) is 0 Å². The molecular weight excluding hydrogens is 308 g/mol. The normalized spacial score (nSPS) is 21.4. The molecule has 0 spiro atoms. The van der Waals surface area contributed by atoms with Gasteiger partial charge < -0.3 is 10.6 Å². The van der Waals surface area contributed by atoms with Crippen molar-refractivity contribution in [2.75, 3.05) is 25.1 Å². The first-order valence-corrected chi connectivity index (χ1v) is 9.83. The lowest BCUT2D eigenvalue weighted by Crippen LogP contribution is -2.44. The average molecular weight is 330 g/mol. The first kappa shape index (κ1) is 16.2. The van der Waals surface area contributed by atoms with Crippen LogP contribution in [0.3, 0.4) is 0 Å². The second kappa shape index (κ2) is 7.22. The van der Waals surface area contributed by atoms with E-state index < -0.39 is 9.84 Å². The number of aliphatic imine (C=N–C) groups is 1. The fraction of sp³-hybridized carbons (Fsp3) is 0.692. The van der Waals surface area contributed by atoms with Crippen molar-refractivity contribution in [2.45, 2.75) is 32.2 Å². The number of nitrogens with zero attached hydrogens (tertiary/aromatic N) is 2. The number of guanidine groups is 1. The molecule has 8 heteroatoms. The van der Waals surface area contributed by atoms with Crippen LogP contribution in [0.25, 0.3) is 0 Å². The van der Waals surface area contributed by atoms with E-state index in [2.05, 4.69) is 32.9 Å². The minimum absolute atomic E-state index is 0.0350. The van der Waals surface area contributed by atoms with Crippen LogP contribution in [0, 0.1) is 0 Å². The van der Waals surface area contributed by atoms with Crippen molar-refractivity contribution in [3.63, 3.8) is 0 Å². The Labute approximate surface area is 130 Å². The summed E-state index contributed by atoms with van der Waals surface area (Å²) in [5.74, 6) is 1.11. The summed E-state index contributed by atoms with van der Waals surface area (Å²) in [7, 11) is -1.18. The van der Waals surface area contributed by atoms with Gasteiger partial charge in [0.05, 0.1) is 22.2 Å². The second-order valence-corrected chi connectivity index (χ2v) is 8.25. The van der Waals surface area contributed by atoms with Crippen molar-refractivity contribution >= 4 is 27.1 Å². The molecule has 2 N–H and O–H groups in total. The minimum atomic E-state index is -2.87. The fourth-order valence-electron chi connectivity index (χ4n) is 2.23. The molecule has 0 saturated carbocycles. The van der Waals surface area contributed by atoms with Crippen LogP contribution in [0.1, 0.15) is 24.0 Å². The molecule has 0 bridgehead atoms. The van der Waals surface area contributed by atoms with Gasteiger partial charge in [-0.05, 0) is 12.8 Å². The van der Waals surface area contributed by atoms with E-state index in [1.807, 2.05) is 0 Å². The number of aromatic nitrogens is 1. The molecule has 0 aliphatic carbocycles. The predicted molar refractivity (Wildman–Crippen MR) is 86.8 cm³/mol. The Morgan fingerprint density at radius 2 is 2.38 bits per heavy atom. The number of sulfone groups is 1. The summed E-state index contributed by atoms with van der Waals surface area (Å²) >= 11 is 1.69. The summed E-state index contributed by atoms with van der Waals surface area (Å²) in [5, 5.41) is 9.61. The molecule has 0 aromatic carbocycles. The van der Waals surface area contributed by atoms with E-state index in [-0.39, 0.29) is 17.5 Å². The molecule has 118 valence electrons. The van der Waals surface area contributed by atoms with E-state index in [0.29, 0.717) is 12.4 Å². The zero-order chi connectivity index (χ0) is 15.3. The number of thiazole rings is 1. The highest BCUT2D eigenvalue weighted by molar-refractivity contribution is 7.91. The van der Waals surface area contributed by atoms with Crippen LogP contribution in [0.4, 0.5) is 0 Å². The van der Waals surface area contributed by atoms with E-state index in [4.69, 9.17) is 0 Å². The van der Waals surface area contributed by atoms with Crippen LogP contribution in [0.5, 0.6) is 0 Å². The van der Waals surface area contributed by atoms with Crippen LogP contribution < -0.4 is 10.6 Å². The van der Waals surface area contributed by atoms with Crippen LogP contribution >= 0.6 is 11.3 Å². The summed E-state index contributed by atoms with van der Waals surface area (Å²) in [5.41, 5.74) is 1.09. The van der Waals surface area contributed by atoms with E-state index >= 15 is 0 Å². The van der Waals surface area contributed by atoms with Gasteiger partial charge in [-0.3, -0.25) is 4.99 Å². The average Bonchev–Trinajstić information content (AvgIpc) is 3.04. The van der Waals surface area contributed by atoms with E-state index in [9.17, 15) is 8.42 Å². The molecule has 0 radical (unpaired) electrons. The van der Waals surface area contributed by atoms with Crippen molar-refractivity contribution in [3.05, 3.63) is 16.1 Å². The van der Waals surface area contributed by atoms with Gasteiger partial charge in [-0.15, -0.1) is 11.3 Å². The molecule has 2 heterocycles. The first-order chi connectivity index (χ1) is 10.0. The Hall–Kier alpha value is -1.15. The molecule has 1 fully saturated rings. The SMILES string of the molecule is CCc1nc(CCNC(=NC)NC2CCS(=O)(=O)C2)cs1. The van der Waals surface area contributed by atoms with Gasteiger partial charge in [0.25, 0.3) is 0 Å². The van der Waals surface area contributed by atoms with E-state index in [0.717, 1.165) is 30.1 Å². The molecule has 1 aliphatic rings. The standard InChI is InChI=1S/C13H22N4O2S2/c1-3-12-16-10(8-20-12)4-6-15-13(14-2)17-11-5-7-21(18,19)9-11/h8,11H,3-7,9H2,1-2H3,(H2,14,15,17). The lowest BCUT2D eigenvalue weighted by Gasteiger charge is -2.15. The maximum absolute atomic E-state index is 11.4. The van der Waals surface area contributed by atoms with E-state index in [1.54, 1.807) is 18.4 Å². The van der Waals surface area contributed by atoms with E-state index in [1.165, 1.54) is 0 Å². The van der Waals surface area contributed by atoms with Gasteiger partial charge >= 0.3 is 0 Å².